The maximum Gasteiger partial charge on any atom is 0.124 e. The van der Waals surface area contributed by atoms with Gasteiger partial charge in [-0.15, -0.1) is 0 Å². The highest BCUT2D eigenvalue weighted by atomic mass is 32.2. The SMILES string of the molecule is O=S(=O)([O-])c1ccc2c(c1)Cc1cc(S(=O)(=O)[O-])ccc1-2. The topological polar surface area (TPSA) is 114 Å². The van der Waals surface area contributed by atoms with E-state index in [1.165, 1.54) is 36.4 Å². The Morgan fingerprint density at radius 2 is 1.10 bits per heavy atom. The molecule has 0 aromatic heterocycles. The van der Waals surface area contributed by atoms with Gasteiger partial charge in [0.1, 0.15) is 20.2 Å². The summed E-state index contributed by atoms with van der Waals surface area (Å²) in [5.41, 5.74) is 2.68. The van der Waals surface area contributed by atoms with Gasteiger partial charge < -0.3 is 9.11 Å². The molecule has 8 heteroatoms. The van der Waals surface area contributed by atoms with Crippen LogP contribution >= 0.6 is 0 Å². The molecule has 1 aliphatic rings. The van der Waals surface area contributed by atoms with E-state index in [1.54, 1.807) is 0 Å². The monoisotopic (exact) mass is 324 g/mol. The molecule has 0 N–H and O–H groups in total. The summed E-state index contributed by atoms with van der Waals surface area (Å²) in [6.45, 7) is 0. The van der Waals surface area contributed by atoms with Gasteiger partial charge in [-0.05, 0) is 52.9 Å². The molecule has 0 amide bonds. The molecule has 0 radical (unpaired) electrons. The number of fused-ring (bicyclic) bond motifs is 3. The normalized spacial score (nSPS) is 13.8. The average Bonchev–Trinajstić information content (AvgIpc) is 2.73. The van der Waals surface area contributed by atoms with Crippen LogP contribution in [0.5, 0.6) is 0 Å². The molecular weight excluding hydrogens is 316 g/mol. The van der Waals surface area contributed by atoms with E-state index in [2.05, 4.69) is 0 Å². The van der Waals surface area contributed by atoms with Crippen molar-refractivity contribution in [3.63, 3.8) is 0 Å². The van der Waals surface area contributed by atoms with Gasteiger partial charge in [0.15, 0.2) is 0 Å². The van der Waals surface area contributed by atoms with E-state index in [0.29, 0.717) is 11.1 Å². The summed E-state index contributed by atoms with van der Waals surface area (Å²) in [6.07, 6.45) is 0.275. The molecule has 6 nitrogen and oxygen atoms in total. The van der Waals surface area contributed by atoms with Gasteiger partial charge in [0.05, 0.1) is 9.79 Å². The van der Waals surface area contributed by atoms with E-state index in [-0.39, 0.29) is 16.2 Å². The van der Waals surface area contributed by atoms with Crippen molar-refractivity contribution >= 4 is 20.2 Å². The third-order valence-corrected chi connectivity index (χ3v) is 5.06. The molecule has 2 aromatic carbocycles. The van der Waals surface area contributed by atoms with E-state index in [0.717, 1.165) is 11.1 Å². The molecule has 0 aliphatic heterocycles. The van der Waals surface area contributed by atoms with Crippen molar-refractivity contribution < 1.29 is 25.9 Å². The summed E-state index contributed by atoms with van der Waals surface area (Å²) in [5.74, 6) is 0. The zero-order valence-corrected chi connectivity index (χ0v) is 12.1. The highest BCUT2D eigenvalue weighted by molar-refractivity contribution is 7.86. The van der Waals surface area contributed by atoms with Crippen LogP contribution in [0.4, 0.5) is 0 Å². The van der Waals surface area contributed by atoms with Crippen LogP contribution in [0, 0.1) is 0 Å². The zero-order valence-electron chi connectivity index (χ0n) is 10.4. The molecule has 0 heterocycles. The lowest BCUT2D eigenvalue weighted by molar-refractivity contribution is 0.461. The van der Waals surface area contributed by atoms with Gasteiger partial charge in [0, 0.05) is 0 Å². The fraction of sp³-hybridized carbons (Fsp3) is 0.0769. The van der Waals surface area contributed by atoms with Gasteiger partial charge in [0.2, 0.25) is 0 Å². The van der Waals surface area contributed by atoms with Crippen LogP contribution in [-0.4, -0.2) is 25.9 Å². The van der Waals surface area contributed by atoms with Crippen molar-refractivity contribution in [2.75, 3.05) is 0 Å². The van der Waals surface area contributed by atoms with Gasteiger partial charge >= 0.3 is 0 Å². The fourth-order valence-corrected chi connectivity index (χ4v) is 3.52. The van der Waals surface area contributed by atoms with Crippen LogP contribution in [0.1, 0.15) is 11.1 Å². The molecule has 3 rings (SSSR count). The minimum atomic E-state index is -4.54. The van der Waals surface area contributed by atoms with Crippen LogP contribution in [0.2, 0.25) is 0 Å². The van der Waals surface area contributed by atoms with Crippen LogP contribution in [0.25, 0.3) is 11.1 Å². The van der Waals surface area contributed by atoms with Crippen LogP contribution < -0.4 is 0 Å². The lowest BCUT2D eigenvalue weighted by atomic mass is 10.1. The van der Waals surface area contributed by atoms with Crippen LogP contribution in [0.15, 0.2) is 46.2 Å². The van der Waals surface area contributed by atoms with Gasteiger partial charge in [-0.2, -0.15) is 0 Å². The Morgan fingerprint density at radius 3 is 1.43 bits per heavy atom. The Balaban J connectivity index is 2.14. The molecule has 21 heavy (non-hydrogen) atoms. The third kappa shape index (κ3) is 2.46. The van der Waals surface area contributed by atoms with Crippen molar-refractivity contribution in [3.8, 4) is 11.1 Å². The first-order valence-corrected chi connectivity index (χ1v) is 8.66. The second-order valence-electron chi connectivity index (χ2n) is 4.72. The van der Waals surface area contributed by atoms with E-state index < -0.39 is 20.2 Å². The molecular formula is C13H8O6S2-2. The van der Waals surface area contributed by atoms with Crippen molar-refractivity contribution in [2.45, 2.75) is 16.2 Å². The van der Waals surface area contributed by atoms with E-state index in [4.69, 9.17) is 0 Å². The summed E-state index contributed by atoms with van der Waals surface area (Å²) in [6, 6.07) is 8.02. The van der Waals surface area contributed by atoms with E-state index in [1.807, 2.05) is 0 Å². The summed E-state index contributed by atoms with van der Waals surface area (Å²) < 4.78 is 66.1. The molecule has 0 saturated carbocycles. The fourth-order valence-electron chi connectivity index (χ4n) is 2.47. The van der Waals surface area contributed by atoms with Gasteiger partial charge in [-0.3, -0.25) is 0 Å². The van der Waals surface area contributed by atoms with Gasteiger partial charge in [0.25, 0.3) is 0 Å². The number of benzene rings is 2. The maximum atomic E-state index is 11.0. The maximum absolute atomic E-state index is 11.0. The predicted molar refractivity (Wildman–Crippen MR) is 70.6 cm³/mol. The first kappa shape index (κ1) is 14.2. The molecule has 0 unspecified atom stereocenters. The lowest BCUT2D eigenvalue weighted by Crippen LogP contribution is -1.99. The summed E-state index contributed by atoms with van der Waals surface area (Å²) in [7, 11) is -9.08. The lowest BCUT2D eigenvalue weighted by Gasteiger charge is -2.09. The second kappa shape index (κ2) is 4.38. The number of rotatable bonds is 2. The molecule has 110 valence electrons. The molecule has 0 spiro atoms. The average molecular weight is 324 g/mol. The van der Waals surface area contributed by atoms with Crippen LogP contribution in [-0.2, 0) is 26.7 Å². The predicted octanol–water partition coefficient (Wildman–Crippen LogP) is 1.07. The number of hydrogen-bond acceptors (Lipinski definition) is 6. The highest BCUT2D eigenvalue weighted by Crippen LogP contribution is 2.38. The quantitative estimate of drug-likeness (QED) is 0.651. The van der Waals surface area contributed by atoms with E-state index in [9.17, 15) is 25.9 Å². The van der Waals surface area contributed by atoms with E-state index >= 15 is 0 Å². The smallest absolute Gasteiger partial charge is 0.124 e. The zero-order chi connectivity index (χ0) is 15.4. The summed E-state index contributed by atoms with van der Waals surface area (Å²) in [4.78, 5) is -0.656. The summed E-state index contributed by atoms with van der Waals surface area (Å²) in [5, 5.41) is 0. The minimum absolute atomic E-state index is 0.275. The molecule has 0 atom stereocenters. The Hall–Kier alpha value is -1.74. The Morgan fingerprint density at radius 1 is 0.714 bits per heavy atom. The molecule has 0 bridgehead atoms. The molecule has 0 saturated heterocycles. The number of hydrogen-bond donors (Lipinski definition) is 0. The standard InChI is InChI=1S/C13H10O6S2/c14-20(15,16)10-1-3-12-8(6-10)5-9-7-11(21(17,18)19)2-4-13(9)12/h1-4,6-7H,5H2,(H,14,15,16)(H,17,18,19)/p-2. The second-order valence-corrected chi connectivity index (χ2v) is 7.48. The van der Waals surface area contributed by atoms with Crippen LogP contribution in [0.3, 0.4) is 0 Å². The first-order valence-electron chi connectivity index (χ1n) is 5.84. The third-order valence-electron chi connectivity index (χ3n) is 3.40. The Labute approximate surface area is 121 Å². The van der Waals surface area contributed by atoms with Gasteiger partial charge in [-0.25, -0.2) is 16.8 Å². The highest BCUT2D eigenvalue weighted by Gasteiger charge is 2.20. The van der Waals surface area contributed by atoms with Crippen molar-refractivity contribution in [1.29, 1.82) is 0 Å². The van der Waals surface area contributed by atoms with Crippen molar-refractivity contribution in [1.82, 2.24) is 0 Å². The minimum Gasteiger partial charge on any atom is -0.744 e. The first-order chi connectivity index (χ1) is 9.66. The molecule has 1 aliphatic carbocycles. The van der Waals surface area contributed by atoms with Crippen molar-refractivity contribution in [2.24, 2.45) is 0 Å². The Kier molecular flexibility index (Phi) is 2.96. The Bertz CT molecular complexity index is 879. The molecule has 0 fully saturated rings. The largest absolute Gasteiger partial charge is 0.744 e. The van der Waals surface area contributed by atoms with Gasteiger partial charge in [-0.1, -0.05) is 12.1 Å². The summed E-state index contributed by atoms with van der Waals surface area (Å²) >= 11 is 0. The molecule has 2 aromatic rings. The van der Waals surface area contributed by atoms with Crippen molar-refractivity contribution in [3.05, 3.63) is 47.5 Å².